The fraction of sp³-hybridized carbons (Fsp3) is 0.250. The lowest BCUT2D eigenvalue weighted by Gasteiger charge is -2.08. The summed E-state index contributed by atoms with van der Waals surface area (Å²) in [5, 5.41) is 4.55. The third kappa shape index (κ3) is 3.86. The molecule has 0 atom stereocenters. The highest BCUT2D eigenvalue weighted by molar-refractivity contribution is 5.99. The van der Waals surface area contributed by atoms with Gasteiger partial charge >= 0.3 is 0 Å². The third-order valence-electron chi connectivity index (χ3n) is 5.93. The van der Waals surface area contributed by atoms with Crippen LogP contribution >= 0.6 is 0 Å². The maximum absolute atomic E-state index is 13.4. The van der Waals surface area contributed by atoms with E-state index in [1.807, 2.05) is 6.07 Å². The largest absolute Gasteiger partial charge is 0.295 e. The third-order valence-corrected chi connectivity index (χ3v) is 5.93. The van der Waals surface area contributed by atoms with Crippen molar-refractivity contribution in [1.29, 1.82) is 0 Å². The van der Waals surface area contributed by atoms with Gasteiger partial charge in [-0.2, -0.15) is 5.10 Å². The highest BCUT2D eigenvalue weighted by Gasteiger charge is 2.25. The minimum absolute atomic E-state index is 0.270. The van der Waals surface area contributed by atoms with Crippen molar-refractivity contribution in [3.8, 4) is 5.69 Å². The number of aromatic nitrogens is 4. The van der Waals surface area contributed by atoms with Crippen LogP contribution in [0.2, 0.25) is 0 Å². The maximum Gasteiger partial charge on any atom is 0.290 e. The van der Waals surface area contributed by atoms with Gasteiger partial charge in [0.05, 0.1) is 11.4 Å². The molecule has 0 saturated carbocycles. The Labute approximate surface area is 189 Å². The molecule has 1 aliphatic carbocycles. The molecule has 9 heteroatoms. The van der Waals surface area contributed by atoms with Gasteiger partial charge in [0.1, 0.15) is 17.2 Å². The van der Waals surface area contributed by atoms with Crippen molar-refractivity contribution in [1.82, 2.24) is 30.0 Å². The number of amides is 2. The molecule has 0 spiro atoms. The van der Waals surface area contributed by atoms with Crippen molar-refractivity contribution in [2.75, 3.05) is 0 Å². The average molecular weight is 446 g/mol. The molecule has 3 heterocycles. The Balaban J connectivity index is 1.42. The predicted molar refractivity (Wildman–Crippen MR) is 120 cm³/mol. The molecule has 4 aromatic rings. The molecular weight excluding hydrogens is 423 g/mol. The lowest BCUT2D eigenvalue weighted by atomic mass is 10.1. The van der Waals surface area contributed by atoms with Crippen LogP contribution in [0.5, 0.6) is 0 Å². The number of benzene rings is 1. The topological polar surface area (TPSA) is 93.3 Å². The second-order valence-corrected chi connectivity index (χ2v) is 8.11. The van der Waals surface area contributed by atoms with E-state index in [1.165, 1.54) is 12.1 Å². The molecule has 0 unspecified atom stereocenters. The Morgan fingerprint density at radius 1 is 0.970 bits per heavy atom. The van der Waals surface area contributed by atoms with E-state index in [-0.39, 0.29) is 11.5 Å². The van der Waals surface area contributed by atoms with Gasteiger partial charge in [-0.25, -0.2) is 14.1 Å². The molecular formula is C24H23FN6O2. The van der Waals surface area contributed by atoms with Gasteiger partial charge in [-0.15, -0.1) is 0 Å². The Morgan fingerprint density at radius 3 is 2.55 bits per heavy atom. The fourth-order valence-corrected chi connectivity index (χ4v) is 4.37. The average Bonchev–Trinajstić information content (AvgIpc) is 3.24. The second-order valence-electron chi connectivity index (χ2n) is 8.11. The molecule has 0 aliphatic heterocycles. The molecule has 3 aromatic heterocycles. The van der Waals surface area contributed by atoms with Gasteiger partial charge in [-0.05, 0) is 69.0 Å². The molecule has 0 bridgehead atoms. The van der Waals surface area contributed by atoms with Crippen LogP contribution in [0.1, 0.15) is 57.2 Å². The van der Waals surface area contributed by atoms with E-state index < -0.39 is 11.8 Å². The zero-order valence-electron chi connectivity index (χ0n) is 18.1. The molecule has 0 radical (unpaired) electrons. The lowest BCUT2D eigenvalue weighted by Crippen LogP contribution is -2.42. The number of nitrogens with one attached hydrogen (secondary N) is 2. The highest BCUT2D eigenvalue weighted by atomic mass is 19.1. The van der Waals surface area contributed by atoms with Crippen molar-refractivity contribution >= 4 is 17.5 Å². The first-order valence-corrected chi connectivity index (χ1v) is 10.9. The van der Waals surface area contributed by atoms with E-state index in [2.05, 4.69) is 20.9 Å². The molecule has 0 saturated heterocycles. The highest BCUT2D eigenvalue weighted by Crippen LogP contribution is 2.26. The maximum atomic E-state index is 13.4. The monoisotopic (exact) mass is 446 g/mol. The van der Waals surface area contributed by atoms with Crippen LogP contribution in [0.15, 0.2) is 48.7 Å². The number of rotatable bonds is 3. The number of hydrogen-bond donors (Lipinski definition) is 2. The summed E-state index contributed by atoms with van der Waals surface area (Å²) in [6.45, 7) is 1.74. The lowest BCUT2D eigenvalue weighted by molar-refractivity contribution is 0.0839. The minimum Gasteiger partial charge on any atom is -0.295 e. The Bertz CT molecular complexity index is 1360. The number of hydrazine groups is 1. The zero-order chi connectivity index (χ0) is 22.9. The minimum atomic E-state index is -0.492. The Hall–Kier alpha value is -4.01. The van der Waals surface area contributed by atoms with Crippen LogP contribution < -0.4 is 10.9 Å². The van der Waals surface area contributed by atoms with Crippen LogP contribution in [-0.2, 0) is 12.8 Å². The normalized spacial score (nSPS) is 13.4. The number of imidazole rings is 1. The molecule has 1 aliphatic rings. The summed E-state index contributed by atoms with van der Waals surface area (Å²) in [7, 11) is 0. The van der Waals surface area contributed by atoms with E-state index in [0.29, 0.717) is 22.7 Å². The van der Waals surface area contributed by atoms with Crippen molar-refractivity contribution in [3.05, 3.63) is 82.8 Å². The number of carbonyl (C=O) groups excluding carboxylic acids is 2. The zero-order valence-corrected chi connectivity index (χ0v) is 18.1. The van der Waals surface area contributed by atoms with E-state index >= 15 is 0 Å². The molecule has 0 fully saturated rings. The van der Waals surface area contributed by atoms with Gasteiger partial charge in [0.25, 0.3) is 11.8 Å². The van der Waals surface area contributed by atoms with Gasteiger partial charge in [0.15, 0.2) is 5.69 Å². The molecule has 168 valence electrons. The first-order chi connectivity index (χ1) is 16.0. The first-order valence-electron chi connectivity index (χ1n) is 10.9. The molecule has 33 heavy (non-hydrogen) atoms. The predicted octanol–water partition coefficient (Wildman–Crippen LogP) is 3.31. The fourth-order valence-electron chi connectivity index (χ4n) is 4.37. The Kier molecular flexibility index (Phi) is 5.37. The van der Waals surface area contributed by atoms with Crippen LogP contribution in [0, 0.1) is 12.7 Å². The smallest absolute Gasteiger partial charge is 0.290 e. The van der Waals surface area contributed by atoms with Gasteiger partial charge in [0, 0.05) is 17.5 Å². The van der Waals surface area contributed by atoms with Crippen LogP contribution in [0.25, 0.3) is 11.3 Å². The number of pyridine rings is 1. The summed E-state index contributed by atoms with van der Waals surface area (Å²) >= 11 is 0. The number of aryl methyl sites for hydroxylation is 1. The standard InChI is InChI=1S/C24H23FN6O2/c1-15-22(30-14-6-5-9-20(30)26-15)24(33)28-27-23(32)21-18-7-3-2-4-8-19(18)31(29-21)17-12-10-16(25)11-13-17/h5-6,9-14H,2-4,7-8H2,1H3,(H,27,32)(H,28,33). The van der Waals surface area contributed by atoms with Crippen molar-refractivity contribution in [2.45, 2.75) is 39.0 Å². The van der Waals surface area contributed by atoms with E-state index in [0.717, 1.165) is 43.4 Å². The molecule has 5 rings (SSSR count). The van der Waals surface area contributed by atoms with E-state index in [9.17, 15) is 14.0 Å². The summed E-state index contributed by atoms with van der Waals surface area (Å²) in [4.78, 5) is 30.3. The SMILES string of the molecule is Cc1nc2ccccn2c1C(=O)NNC(=O)c1nn(-c2ccc(F)cc2)c2c1CCCCC2. The number of hydrogen-bond acceptors (Lipinski definition) is 4. The summed E-state index contributed by atoms with van der Waals surface area (Å²) in [6, 6.07) is 11.5. The number of halogens is 1. The number of fused-ring (bicyclic) bond motifs is 2. The van der Waals surface area contributed by atoms with Crippen LogP contribution in [0.3, 0.4) is 0 Å². The summed E-state index contributed by atoms with van der Waals surface area (Å²) in [6.07, 6.45) is 6.25. The summed E-state index contributed by atoms with van der Waals surface area (Å²) < 4.78 is 16.8. The second kappa shape index (κ2) is 8.50. The molecule has 1 aromatic carbocycles. The van der Waals surface area contributed by atoms with Crippen molar-refractivity contribution in [3.63, 3.8) is 0 Å². The van der Waals surface area contributed by atoms with Gasteiger partial charge in [-0.3, -0.25) is 24.8 Å². The summed E-state index contributed by atoms with van der Waals surface area (Å²) in [5.74, 6) is -1.29. The molecule has 2 amide bonds. The molecule has 8 nitrogen and oxygen atoms in total. The van der Waals surface area contributed by atoms with Crippen molar-refractivity contribution < 1.29 is 14.0 Å². The van der Waals surface area contributed by atoms with E-state index in [4.69, 9.17) is 0 Å². The first kappa shape index (κ1) is 20.9. The van der Waals surface area contributed by atoms with E-state index in [1.54, 1.807) is 46.5 Å². The van der Waals surface area contributed by atoms with Crippen LogP contribution in [0.4, 0.5) is 4.39 Å². The Morgan fingerprint density at radius 2 is 1.73 bits per heavy atom. The van der Waals surface area contributed by atoms with Gasteiger partial charge in [-0.1, -0.05) is 12.5 Å². The van der Waals surface area contributed by atoms with Gasteiger partial charge < -0.3 is 0 Å². The van der Waals surface area contributed by atoms with Gasteiger partial charge in [0.2, 0.25) is 0 Å². The quantitative estimate of drug-likeness (QED) is 0.373. The summed E-state index contributed by atoms with van der Waals surface area (Å²) in [5.41, 5.74) is 9.34. The van der Waals surface area contributed by atoms with Crippen LogP contribution in [-0.4, -0.2) is 31.0 Å². The van der Waals surface area contributed by atoms with Crippen molar-refractivity contribution in [2.24, 2.45) is 0 Å². The molecule has 2 N–H and O–H groups in total. The number of nitrogens with zero attached hydrogens (tertiary/aromatic N) is 4. The number of carbonyl (C=O) groups is 2.